The van der Waals surface area contributed by atoms with Crippen LogP contribution in [0.5, 0.6) is 0 Å². The molecule has 1 aliphatic rings. The van der Waals surface area contributed by atoms with Gasteiger partial charge in [0.1, 0.15) is 6.04 Å². The normalized spacial score (nSPS) is 18.5. The second-order valence-corrected chi connectivity index (χ2v) is 7.17. The Morgan fingerprint density at radius 3 is 2.55 bits per heavy atom. The first-order valence-corrected chi connectivity index (χ1v) is 8.73. The summed E-state index contributed by atoms with van der Waals surface area (Å²) in [5.74, 6) is -0.944. The number of amides is 2. The molecule has 0 radical (unpaired) electrons. The molecule has 1 fully saturated rings. The number of hydrogen-bond acceptors (Lipinski definition) is 4. The van der Waals surface area contributed by atoms with E-state index in [9.17, 15) is 18.0 Å². The molecule has 1 atom stereocenters. The Balaban J connectivity index is 2.32. The number of rotatable bonds is 5. The van der Waals surface area contributed by atoms with Crippen LogP contribution in [0, 0.1) is 6.92 Å². The zero-order valence-corrected chi connectivity index (χ0v) is 13.5. The van der Waals surface area contributed by atoms with Gasteiger partial charge in [0.05, 0.1) is 4.90 Å². The fourth-order valence-electron chi connectivity index (χ4n) is 2.39. The van der Waals surface area contributed by atoms with Crippen LogP contribution in [-0.4, -0.2) is 37.1 Å². The molecule has 0 saturated carbocycles. The molecule has 0 aromatic heterocycles. The van der Waals surface area contributed by atoms with E-state index in [1.807, 2.05) is 13.8 Å². The number of nitrogens with zero attached hydrogens (tertiary/aromatic N) is 1. The molecule has 1 heterocycles. The first-order chi connectivity index (χ1) is 10.4. The predicted octanol–water partition coefficient (Wildman–Crippen LogP) is 1.20. The van der Waals surface area contributed by atoms with Gasteiger partial charge in [0.25, 0.3) is 10.0 Å². The van der Waals surface area contributed by atoms with E-state index in [2.05, 4.69) is 5.32 Å². The van der Waals surface area contributed by atoms with E-state index in [1.54, 1.807) is 12.1 Å². The topological polar surface area (TPSA) is 83.6 Å². The molecule has 6 nitrogen and oxygen atoms in total. The Kier molecular flexibility index (Phi) is 4.85. The summed E-state index contributed by atoms with van der Waals surface area (Å²) in [5, 5.41) is 2.66. The maximum absolute atomic E-state index is 12.7. The number of hydrogen-bond donors (Lipinski definition) is 1. The SMILES string of the molecule is CCCNC(=O)[C@@H]1CCC(=O)N1S(=O)(=O)c1ccc(C)cc1. The second kappa shape index (κ2) is 6.48. The molecule has 0 spiro atoms. The smallest absolute Gasteiger partial charge is 0.267 e. The van der Waals surface area contributed by atoms with Crippen molar-refractivity contribution >= 4 is 21.8 Å². The van der Waals surface area contributed by atoms with Gasteiger partial charge in [-0.05, 0) is 31.9 Å². The minimum atomic E-state index is -4.00. The molecular formula is C15H20N2O4S. The molecule has 0 bridgehead atoms. The van der Waals surface area contributed by atoms with Crippen molar-refractivity contribution in [3.05, 3.63) is 29.8 Å². The van der Waals surface area contributed by atoms with E-state index in [0.717, 1.165) is 16.3 Å². The molecule has 1 N–H and O–H groups in total. The third-order valence-corrected chi connectivity index (χ3v) is 5.43. The van der Waals surface area contributed by atoms with E-state index < -0.39 is 27.9 Å². The van der Waals surface area contributed by atoms with E-state index >= 15 is 0 Å². The summed E-state index contributed by atoms with van der Waals surface area (Å²) in [6.45, 7) is 4.21. The van der Waals surface area contributed by atoms with Crippen molar-refractivity contribution < 1.29 is 18.0 Å². The van der Waals surface area contributed by atoms with Crippen LogP contribution in [-0.2, 0) is 19.6 Å². The zero-order chi connectivity index (χ0) is 16.3. The molecule has 1 aliphatic heterocycles. The highest BCUT2D eigenvalue weighted by Crippen LogP contribution is 2.27. The molecule has 1 aromatic rings. The van der Waals surface area contributed by atoms with Gasteiger partial charge < -0.3 is 5.32 Å². The maximum atomic E-state index is 12.7. The molecule has 120 valence electrons. The molecule has 22 heavy (non-hydrogen) atoms. The van der Waals surface area contributed by atoms with Gasteiger partial charge in [-0.1, -0.05) is 24.6 Å². The molecule has 0 unspecified atom stereocenters. The van der Waals surface area contributed by atoms with Crippen molar-refractivity contribution in [3.8, 4) is 0 Å². The Bertz CT molecular complexity index is 667. The highest BCUT2D eigenvalue weighted by Gasteiger charge is 2.43. The van der Waals surface area contributed by atoms with Crippen LogP contribution in [0.4, 0.5) is 0 Å². The Hall–Kier alpha value is -1.89. The van der Waals surface area contributed by atoms with Crippen molar-refractivity contribution in [3.63, 3.8) is 0 Å². The fraction of sp³-hybridized carbons (Fsp3) is 0.467. The van der Waals surface area contributed by atoms with E-state index in [-0.39, 0.29) is 17.7 Å². The van der Waals surface area contributed by atoms with Crippen molar-refractivity contribution in [1.29, 1.82) is 0 Å². The summed E-state index contributed by atoms with van der Waals surface area (Å²) >= 11 is 0. The van der Waals surface area contributed by atoms with Gasteiger partial charge in [0.15, 0.2) is 0 Å². The van der Waals surface area contributed by atoms with Crippen LogP contribution in [0.1, 0.15) is 31.7 Å². The largest absolute Gasteiger partial charge is 0.354 e. The van der Waals surface area contributed by atoms with Crippen LogP contribution in [0.15, 0.2) is 29.2 Å². The summed E-state index contributed by atoms with van der Waals surface area (Å²) in [6.07, 6.45) is 1.03. The lowest BCUT2D eigenvalue weighted by atomic mass is 10.2. The highest BCUT2D eigenvalue weighted by molar-refractivity contribution is 7.89. The highest BCUT2D eigenvalue weighted by atomic mass is 32.2. The zero-order valence-electron chi connectivity index (χ0n) is 12.7. The molecule has 2 amide bonds. The van der Waals surface area contributed by atoms with E-state index in [4.69, 9.17) is 0 Å². The molecule has 7 heteroatoms. The van der Waals surface area contributed by atoms with E-state index in [1.165, 1.54) is 12.1 Å². The van der Waals surface area contributed by atoms with Crippen LogP contribution in [0.2, 0.25) is 0 Å². The Morgan fingerprint density at radius 1 is 1.32 bits per heavy atom. The monoisotopic (exact) mass is 324 g/mol. The number of nitrogens with one attached hydrogen (secondary N) is 1. The van der Waals surface area contributed by atoms with Crippen LogP contribution in [0.3, 0.4) is 0 Å². The van der Waals surface area contributed by atoms with Gasteiger partial charge in [-0.25, -0.2) is 12.7 Å². The lowest BCUT2D eigenvalue weighted by molar-refractivity contribution is -0.130. The predicted molar refractivity (Wildman–Crippen MR) is 81.5 cm³/mol. The van der Waals surface area contributed by atoms with Crippen LogP contribution < -0.4 is 5.32 Å². The number of aryl methyl sites for hydroxylation is 1. The second-order valence-electron chi connectivity index (χ2n) is 5.35. The first kappa shape index (κ1) is 16.5. The molecule has 0 aliphatic carbocycles. The van der Waals surface area contributed by atoms with Gasteiger partial charge in [-0.3, -0.25) is 9.59 Å². The number of carbonyl (C=O) groups excluding carboxylic acids is 2. The van der Waals surface area contributed by atoms with Crippen LogP contribution in [0.25, 0.3) is 0 Å². The van der Waals surface area contributed by atoms with Gasteiger partial charge in [0.2, 0.25) is 11.8 Å². The average molecular weight is 324 g/mol. The van der Waals surface area contributed by atoms with Crippen LogP contribution >= 0.6 is 0 Å². The minimum Gasteiger partial charge on any atom is -0.354 e. The Labute approximate surface area is 130 Å². The lowest BCUT2D eigenvalue weighted by Crippen LogP contribution is -2.47. The number of carbonyl (C=O) groups is 2. The first-order valence-electron chi connectivity index (χ1n) is 7.29. The standard InChI is InChI=1S/C15H20N2O4S/c1-3-10-16-15(19)13-8-9-14(18)17(13)22(20,21)12-6-4-11(2)5-7-12/h4-7,13H,3,8-10H2,1-2H3,(H,16,19)/t13-/m0/s1. The summed E-state index contributed by atoms with van der Waals surface area (Å²) in [4.78, 5) is 24.2. The third kappa shape index (κ3) is 3.14. The van der Waals surface area contributed by atoms with Gasteiger partial charge in [-0.15, -0.1) is 0 Å². The fourth-order valence-corrected chi connectivity index (χ4v) is 3.99. The molecule has 2 rings (SSSR count). The lowest BCUT2D eigenvalue weighted by Gasteiger charge is -2.23. The van der Waals surface area contributed by atoms with Crippen molar-refractivity contribution in [2.75, 3.05) is 6.54 Å². The molecule has 1 saturated heterocycles. The third-order valence-electron chi connectivity index (χ3n) is 3.59. The van der Waals surface area contributed by atoms with Crippen molar-refractivity contribution in [1.82, 2.24) is 9.62 Å². The van der Waals surface area contributed by atoms with Gasteiger partial charge in [0, 0.05) is 13.0 Å². The van der Waals surface area contributed by atoms with Gasteiger partial charge >= 0.3 is 0 Å². The number of benzene rings is 1. The minimum absolute atomic E-state index is 0.0293. The van der Waals surface area contributed by atoms with E-state index in [0.29, 0.717) is 6.54 Å². The summed E-state index contributed by atoms with van der Waals surface area (Å²) in [7, 11) is -4.00. The summed E-state index contributed by atoms with van der Waals surface area (Å²) < 4.78 is 26.1. The summed E-state index contributed by atoms with van der Waals surface area (Å²) in [5.41, 5.74) is 0.920. The maximum Gasteiger partial charge on any atom is 0.267 e. The Morgan fingerprint density at radius 2 is 1.95 bits per heavy atom. The van der Waals surface area contributed by atoms with Crippen molar-refractivity contribution in [2.24, 2.45) is 0 Å². The quantitative estimate of drug-likeness (QED) is 0.882. The molecular weight excluding hydrogens is 304 g/mol. The van der Waals surface area contributed by atoms with Gasteiger partial charge in [-0.2, -0.15) is 0 Å². The van der Waals surface area contributed by atoms with Crippen molar-refractivity contribution in [2.45, 2.75) is 44.0 Å². The number of sulfonamides is 1. The average Bonchev–Trinajstić information content (AvgIpc) is 2.88. The summed E-state index contributed by atoms with van der Waals surface area (Å²) in [6, 6.07) is 5.29. The molecule has 1 aromatic carbocycles.